The SMILES string of the molecule is O=c1ccn2ccc3ccccc3c2n1.O=c1ccn2ccc3ccccc3c2n1.O=c1oc2ccccc2c2ncccc12.O=c1oc2cccnc2c2ccccc12.O=c1oc2cccnc2c2ccccc12.[O-]c1cccc2cccnc12.[O-]c1ccccc1-c1ccccn1. The normalized spacial score (nSPS) is 10.7. The molecule has 0 aliphatic heterocycles. The van der Waals surface area contributed by atoms with E-state index < -0.39 is 0 Å². The van der Waals surface area contributed by atoms with Gasteiger partial charge < -0.3 is 32.3 Å². The van der Waals surface area contributed by atoms with Crippen molar-refractivity contribution in [3.05, 3.63) is 363 Å². The highest BCUT2D eigenvalue weighted by atomic mass is 16.4. The van der Waals surface area contributed by atoms with Gasteiger partial charge in [0.1, 0.15) is 27.9 Å². The van der Waals surface area contributed by atoms with Gasteiger partial charge in [0, 0.05) is 94.8 Å². The molecule has 0 unspecified atom stereocenters. The molecule has 0 aliphatic carbocycles. The molecule has 0 saturated heterocycles. The molecule has 0 amide bonds. The lowest BCUT2D eigenvalue weighted by Crippen LogP contribution is -2.06. The molecule has 0 fully saturated rings. The average Bonchev–Trinajstić information content (AvgIpc) is 0.815. The highest BCUT2D eigenvalue weighted by Crippen LogP contribution is 2.26. The highest BCUT2D eigenvalue weighted by Gasteiger charge is 2.10. The van der Waals surface area contributed by atoms with Crippen molar-refractivity contribution < 1.29 is 23.5 Å². The first-order valence-corrected chi connectivity index (χ1v) is 30.7. The molecule has 0 saturated carbocycles. The standard InChI is InChI=1S/2C12H8N2O.3C12H7NO2.C11H9NO.C9H7NO/c2*15-11-6-8-14-7-5-9-3-1-2-4-10(9)12(14)13-11;14-12-9-5-3-7-13-11(9)8-4-1-2-6-10(8)15-12;2*14-12-9-5-2-1-4-8(9)11-10(15-12)6-3-7-13-11;13-11-7-2-1-5-9(11)10-6-3-4-8-12-10;11-8-5-1-3-7-4-2-6-10-9(7)8/h2*1-8H;3*1-7H;1-8,13H;1-6,11H/p-2. The van der Waals surface area contributed by atoms with Crippen molar-refractivity contribution in [1.82, 2.24) is 43.7 Å². The Hall–Kier alpha value is -14.2. The van der Waals surface area contributed by atoms with E-state index in [1.807, 2.05) is 179 Å². The Morgan fingerprint density at radius 3 is 1.21 bits per heavy atom. The zero-order valence-electron chi connectivity index (χ0n) is 52.1. The molecule has 0 atom stereocenters. The minimum absolute atomic E-state index is 0.0110. The van der Waals surface area contributed by atoms with E-state index in [1.54, 1.807) is 122 Å². The van der Waals surface area contributed by atoms with Gasteiger partial charge in [-0.15, -0.1) is 0 Å². The molecule has 19 rings (SSSR count). The van der Waals surface area contributed by atoms with Crippen LogP contribution in [-0.2, 0) is 0 Å². The molecule has 7 aromatic carbocycles. The molecule has 19 nitrogen and oxygen atoms in total. The Kier molecular flexibility index (Phi) is 18.9. The first kappa shape index (κ1) is 63.6. The fourth-order valence-corrected chi connectivity index (χ4v) is 10.8. The number of benzene rings is 7. The molecular weight excluding hydrogens is 1250 g/mol. The van der Waals surface area contributed by atoms with Crippen LogP contribution in [0.4, 0.5) is 0 Å². The van der Waals surface area contributed by atoms with Crippen LogP contribution in [0.15, 0.2) is 348 Å². The van der Waals surface area contributed by atoms with E-state index in [9.17, 15) is 34.2 Å². The largest absolute Gasteiger partial charge is 0.872 e. The molecule has 0 radical (unpaired) electrons. The topological polar surface area (TPSA) is 270 Å². The lowest BCUT2D eigenvalue weighted by molar-refractivity contribution is -0.267. The lowest BCUT2D eigenvalue weighted by Gasteiger charge is -2.11. The van der Waals surface area contributed by atoms with E-state index in [4.69, 9.17) is 13.3 Å². The third kappa shape index (κ3) is 14.3. The van der Waals surface area contributed by atoms with Gasteiger partial charge in [0.25, 0.3) is 11.1 Å². The second-order valence-corrected chi connectivity index (χ2v) is 21.7. The maximum atomic E-state index is 11.6. The monoisotopic (exact) mass is 1300 g/mol. The summed E-state index contributed by atoms with van der Waals surface area (Å²) in [5.74, 6) is 0.00398. The summed E-state index contributed by atoms with van der Waals surface area (Å²) < 4.78 is 19.2. The van der Waals surface area contributed by atoms with Crippen LogP contribution >= 0.6 is 0 Å². The molecule has 478 valence electrons. The number of rotatable bonds is 1. The van der Waals surface area contributed by atoms with Gasteiger partial charge in [-0.05, 0) is 113 Å². The molecule has 12 aromatic heterocycles. The molecule has 0 bridgehead atoms. The van der Waals surface area contributed by atoms with Crippen molar-refractivity contribution in [3.8, 4) is 22.8 Å². The first-order chi connectivity index (χ1) is 48.5. The summed E-state index contributed by atoms with van der Waals surface area (Å²) in [5.41, 5.74) is 5.78. The smallest absolute Gasteiger partial charge is 0.345 e. The Morgan fingerprint density at radius 2 is 0.657 bits per heavy atom. The summed E-state index contributed by atoms with van der Waals surface area (Å²) in [4.78, 5) is 85.9. The number of fused-ring (bicyclic) bond motifs is 16. The molecule has 19 heteroatoms. The van der Waals surface area contributed by atoms with Crippen molar-refractivity contribution in [3.63, 3.8) is 0 Å². The summed E-state index contributed by atoms with van der Waals surface area (Å²) >= 11 is 0. The predicted molar refractivity (Wildman–Crippen MR) is 382 cm³/mol. The van der Waals surface area contributed by atoms with E-state index in [2.05, 4.69) is 34.9 Å². The zero-order valence-corrected chi connectivity index (χ0v) is 52.1. The van der Waals surface area contributed by atoms with E-state index in [-0.39, 0.29) is 39.5 Å². The Morgan fingerprint density at radius 1 is 0.273 bits per heavy atom. The van der Waals surface area contributed by atoms with Crippen LogP contribution in [0.2, 0.25) is 0 Å². The van der Waals surface area contributed by atoms with Gasteiger partial charge in [0.05, 0.1) is 32.9 Å². The molecule has 12 heterocycles. The maximum Gasteiger partial charge on any atom is 0.345 e. The molecule has 19 aromatic rings. The van der Waals surface area contributed by atoms with Crippen LogP contribution in [0, 0.1) is 0 Å². The number of para-hydroxylation sites is 3. The van der Waals surface area contributed by atoms with Crippen LogP contribution in [0.3, 0.4) is 0 Å². The quantitative estimate of drug-likeness (QED) is 0.109. The molecule has 0 N–H and O–H groups in total. The average molecular weight is 1300 g/mol. The van der Waals surface area contributed by atoms with Gasteiger partial charge in [-0.2, -0.15) is 9.97 Å². The molecule has 0 spiro atoms. The van der Waals surface area contributed by atoms with Gasteiger partial charge in [0.15, 0.2) is 11.2 Å². The van der Waals surface area contributed by atoms with Crippen molar-refractivity contribution in [1.29, 1.82) is 0 Å². The van der Waals surface area contributed by atoms with Gasteiger partial charge in [-0.1, -0.05) is 163 Å². The second kappa shape index (κ2) is 29.4. The highest BCUT2D eigenvalue weighted by molar-refractivity contribution is 6.03. The van der Waals surface area contributed by atoms with Crippen molar-refractivity contribution in [2.24, 2.45) is 0 Å². The minimum atomic E-state index is -0.336. The minimum Gasteiger partial charge on any atom is -0.872 e. The van der Waals surface area contributed by atoms with Crippen molar-refractivity contribution >= 4 is 109 Å². The van der Waals surface area contributed by atoms with Gasteiger partial charge in [0.2, 0.25) is 0 Å². The molecular formula is C80H51N9O10-2. The Bertz CT molecular complexity index is 6010. The van der Waals surface area contributed by atoms with Gasteiger partial charge >= 0.3 is 16.9 Å². The molecule has 0 aliphatic rings. The summed E-state index contributed by atoms with van der Waals surface area (Å²) in [5, 5.41) is 31.8. The zero-order chi connectivity index (χ0) is 68.0. The Labute approximate surface area is 559 Å². The fraction of sp³-hybridized carbons (Fsp3) is 0. The van der Waals surface area contributed by atoms with Gasteiger partial charge in [-0.3, -0.25) is 34.5 Å². The summed E-state index contributed by atoms with van der Waals surface area (Å²) in [6.45, 7) is 0. The van der Waals surface area contributed by atoms with Crippen LogP contribution < -0.4 is 38.2 Å². The fourth-order valence-electron chi connectivity index (χ4n) is 10.8. The van der Waals surface area contributed by atoms with E-state index >= 15 is 0 Å². The first-order valence-electron chi connectivity index (χ1n) is 30.7. The molecule has 99 heavy (non-hydrogen) atoms. The third-order valence-electron chi connectivity index (χ3n) is 15.5. The number of pyridine rings is 7. The number of nitrogens with zero attached hydrogens (tertiary/aromatic N) is 9. The van der Waals surface area contributed by atoms with Crippen molar-refractivity contribution in [2.45, 2.75) is 0 Å². The van der Waals surface area contributed by atoms with E-state index in [1.165, 1.54) is 18.2 Å². The van der Waals surface area contributed by atoms with Crippen LogP contribution in [-0.4, -0.2) is 43.7 Å². The predicted octanol–water partition coefficient (Wildman–Crippen LogP) is 13.8. The van der Waals surface area contributed by atoms with E-state index in [0.29, 0.717) is 60.8 Å². The lowest BCUT2D eigenvalue weighted by atomic mass is 10.1. The van der Waals surface area contributed by atoms with Crippen LogP contribution in [0.1, 0.15) is 0 Å². The third-order valence-corrected chi connectivity index (χ3v) is 15.5. The summed E-state index contributed by atoms with van der Waals surface area (Å²) in [6.07, 6.45) is 15.6. The van der Waals surface area contributed by atoms with Crippen LogP contribution in [0.25, 0.3) is 121 Å². The summed E-state index contributed by atoms with van der Waals surface area (Å²) in [7, 11) is 0. The number of hydrogen-bond donors (Lipinski definition) is 0. The Balaban J connectivity index is 0.000000104. The maximum absolute atomic E-state index is 11.6. The van der Waals surface area contributed by atoms with Crippen LogP contribution in [0.5, 0.6) is 11.5 Å². The number of hydrogen-bond acceptors (Lipinski definition) is 17. The van der Waals surface area contributed by atoms with Crippen molar-refractivity contribution in [2.75, 3.05) is 0 Å². The van der Waals surface area contributed by atoms with Gasteiger partial charge in [-0.25, -0.2) is 14.4 Å². The summed E-state index contributed by atoms with van der Waals surface area (Å²) in [6, 6.07) is 76.5. The van der Waals surface area contributed by atoms with E-state index in [0.717, 1.165) is 59.8 Å². The number of aromatic nitrogens is 9. The second-order valence-electron chi connectivity index (χ2n) is 21.7.